The lowest BCUT2D eigenvalue weighted by Crippen LogP contribution is -2.35. The largest absolute Gasteiger partial charge is 0.493 e. The van der Waals surface area contributed by atoms with E-state index in [1.165, 1.54) is 54.6 Å². The number of nitrogens with one attached hydrogen (secondary N) is 1. The summed E-state index contributed by atoms with van der Waals surface area (Å²) in [4.78, 5) is 2.55. The van der Waals surface area contributed by atoms with Gasteiger partial charge in [-0.05, 0) is 80.4 Å². The fraction of sp³-hybridized carbons (Fsp3) is 0.591. The lowest BCUT2D eigenvalue weighted by molar-refractivity contribution is 0.135. The zero-order valence-electron chi connectivity index (χ0n) is 16.1. The van der Waals surface area contributed by atoms with Crippen molar-refractivity contribution in [1.82, 2.24) is 20.0 Å². The summed E-state index contributed by atoms with van der Waals surface area (Å²) >= 11 is 0. The first-order valence-electron chi connectivity index (χ1n) is 10.6. The van der Waals surface area contributed by atoms with Gasteiger partial charge in [-0.2, -0.15) is 5.10 Å². The Morgan fingerprint density at radius 3 is 2.85 bits per heavy atom. The topological polar surface area (TPSA) is 42.3 Å². The van der Waals surface area contributed by atoms with Crippen LogP contribution in [0.3, 0.4) is 0 Å². The van der Waals surface area contributed by atoms with Gasteiger partial charge in [-0.25, -0.2) is 0 Å². The maximum atomic E-state index is 6.14. The number of piperidine rings is 1. The van der Waals surface area contributed by atoms with Gasteiger partial charge in [0.2, 0.25) is 0 Å². The number of nitrogens with zero attached hydrogens (tertiary/aromatic N) is 3. The molecule has 0 radical (unpaired) electrons. The van der Waals surface area contributed by atoms with Crippen LogP contribution >= 0.6 is 0 Å². The van der Waals surface area contributed by atoms with Crippen LogP contribution in [-0.4, -0.2) is 40.9 Å². The van der Waals surface area contributed by atoms with E-state index in [2.05, 4.69) is 39.2 Å². The minimum atomic E-state index is 0.675. The highest BCUT2D eigenvalue weighted by atomic mass is 16.5. The van der Waals surface area contributed by atoms with Gasteiger partial charge in [0.05, 0.1) is 24.5 Å². The van der Waals surface area contributed by atoms with E-state index in [1.54, 1.807) is 0 Å². The van der Waals surface area contributed by atoms with Crippen molar-refractivity contribution in [2.75, 3.05) is 26.2 Å². The number of likely N-dealkylation sites (tertiary alicyclic amines) is 1. The maximum Gasteiger partial charge on any atom is 0.119 e. The average molecular weight is 367 g/mol. The molecular weight excluding hydrogens is 336 g/mol. The maximum absolute atomic E-state index is 6.14. The molecule has 5 nitrogen and oxygen atoms in total. The molecule has 0 atom stereocenters. The average Bonchev–Trinajstić information content (AvgIpc) is 3.33. The molecule has 2 aromatic rings. The first kappa shape index (κ1) is 17.3. The Kier molecular flexibility index (Phi) is 4.89. The predicted molar refractivity (Wildman–Crippen MR) is 106 cm³/mol. The first-order chi connectivity index (χ1) is 13.3. The van der Waals surface area contributed by atoms with E-state index >= 15 is 0 Å². The van der Waals surface area contributed by atoms with Crippen LogP contribution in [0.25, 0.3) is 0 Å². The Morgan fingerprint density at radius 2 is 1.96 bits per heavy atom. The number of ether oxygens (including phenoxy) is 1. The highest BCUT2D eigenvalue weighted by molar-refractivity contribution is 5.38. The summed E-state index contributed by atoms with van der Waals surface area (Å²) in [5.74, 6) is 1.74. The number of hydrogen-bond acceptors (Lipinski definition) is 4. The van der Waals surface area contributed by atoms with Crippen molar-refractivity contribution in [2.24, 2.45) is 5.92 Å². The standard InChI is InChI=1S/C22H30N4O/c1-2-18-4-5-22(12-19(18)3-1)27-16-17-6-9-25(10-7-17)15-20-13-21-14-23-8-11-26(21)24-20/h4-5,12-13,17,23H,1-3,6-11,14-16H2. The van der Waals surface area contributed by atoms with Crippen molar-refractivity contribution in [3.8, 4) is 5.75 Å². The molecule has 1 aliphatic carbocycles. The SMILES string of the molecule is c1cc2c(cc1OCC1CCN(Cc3cc4n(n3)CCNC4)CC1)CCC2. The normalized spacial score (nSPS) is 20.4. The second-order valence-electron chi connectivity index (χ2n) is 8.34. The Labute approximate surface area is 161 Å². The van der Waals surface area contributed by atoms with Gasteiger partial charge in [0.25, 0.3) is 0 Å². The van der Waals surface area contributed by atoms with Crippen LogP contribution in [0.2, 0.25) is 0 Å². The molecule has 2 aliphatic heterocycles. The number of hydrogen-bond donors (Lipinski definition) is 1. The lowest BCUT2D eigenvalue weighted by atomic mass is 9.97. The van der Waals surface area contributed by atoms with E-state index in [0.717, 1.165) is 51.6 Å². The van der Waals surface area contributed by atoms with E-state index in [9.17, 15) is 0 Å². The van der Waals surface area contributed by atoms with Gasteiger partial charge in [0, 0.05) is 19.6 Å². The van der Waals surface area contributed by atoms with E-state index in [4.69, 9.17) is 9.84 Å². The Balaban J connectivity index is 1.09. The molecule has 1 aromatic heterocycles. The van der Waals surface area contributed by atoms with E-state index < -0.39 is 0 Å². The van der Waals surface area contributed by atoms with E-state index in [0.29, 0.717) is 5.92 Å². The minimum absolute atomic E-state index is 0.675. The van der Waals surface area contributed by atoms with Crippen molar-refractivity contribution in [1.29, 1.82) is 0 Å². The summed E-state index contributed by atoms with van der Waals surface area (Å²) in [7, 11) is 0. The first-order valence-corrected chi connectivity index (χ1v) is 10.6. The highest BCUT2D eigenvalue weighted by Crippen LogP contribution is 2.27. The quantitative estimate of drug-likeness (QED) is 0.884. The van der Waals surface area contributed by atoms with Crippen LogP contribution in [-0.2, 0) is 32.5 Å². The van der Waals surface area contributed by atoms with Gasteiger partial charge < -0.3 is 10.1 Å². The summed E-state index contributed by atoms with van der Waals surface area (Å²) in [5, 5.41) is 8.20. The summed E-state index contributed by atoms with van der Waals surface area (Å²) in [6.45, 7) is 7.13. The van der Waals surface area contributed by atoms with Gasteiger partial charge in [-0.1, -0.05) is 6.07 Å². The van der Waals surface area contributed by atoms with Crippen molar-refractivity contribution < 1.29 is 4.74 Å². The van der Waals surface area contributed by atoms with Gasteiger partial charge in [-0.15, -0.1) is 0 Å². The molecule has 0 amide bonds. The molecule has 3 aliphatic rings. The van der Waals surface area contributed by atoms with Gasteiger partial charge in [0.1, 0.15) is 5.75 Å². The number of aromatic nitrogens is 2. The summed E-state index contributed by atoms with van der Waals surface area (Å²) in [6, 6.07) is 8.97. The van der Waals surface area contributed by atoms with Gasteiger partial charge >= 0.3 is 0 Å². The summed E-state index contributed by atoms with van der Waals surface area (Å²) in [5.41, 5.74) is 5.57. The van der Waals surface area contributed by atoms with Gasteiger partial charge in [0.15, 0.2) is 0 Å². The van der Waals surface area contributed by atoms with E-state index in [-0.39, 0.29) is 0 Å². The number of benzene rings is 1. The van der Waals surface area contributed by atoms with Crippen LogP contribution in [0, 0.1) is 5.92 Å². The minimum Gasteiger partial charge on any atom is -0.493 e. The van der Waals surface area contributed by atoms with E-state index in [1.807, 2.05) is 0 Å². The second kappa shape index (κ2) is 7.64. The molecule has 0 unspecified atom stereocenters. The fourth-order valence-electron chi connectivity index (χ4n) is 4.72. The smallest absolute Gasteiger partial charge is 0.119 e. The molecule has 0 bridgehead atoms. The fourth-order valence-corrected chi connectivity index (χ4v) is 4.72. The van der Waals surface area contributed by atoms with Gasteiger partial charge in [-0.3, -0.25) is 9.58 Å². The molecule has 1 saturated heterocycles. The Morgan fingerprint density at radius 1 is 1.07 bits per heavy atom. The van der Waals surface area contributed by atoms with Crippen LogP contribution in [0.1, 0.15) is 41.8 Å². The molecule has 27 heavy (non-hydrogen) atoms. The molecule has 5 heteroatoms. The molecule has 3 heterocycles. The molecule has 1 aromatic carbocycles. The third-order valence-corrected chi connectivity index (χ3v) is 6.37. The number of fused-ring (bicyclic) bond motifs is 2. The Hall–Kier alpha value is -1.85. The third kappa shape index (κ3) is 3.90. The van der Waals surface area contributed by atoms with Crippen LogP contribution < -0.4 is 10.1 Å². The molecule has 0 spiro atoms. The molecule has 1 N–H and O–H groups in total. The summed E-state index contributed by atoms with van der Waals surface area (Å²) in [6.07, 6.45) is 6.20. The van der Waals surface area contributed by atoms with Crippen LogP contribution in [0.4, 0.5) is 0 Å². The van der Waals surface area contributed by atoms with Crippen LogP contribution in [0.15, 0.2) is 24.3 Å². The molecule has 5 rings (SSSR count). The van der Waals surface area contributed by atoms with Crippen molar-refractivity contribution in [3.63, 3.8) is 0 Å². The molecule has 0 saturated carbocycles. The number of aryl methyl sites for hydroxylation is 2. The van der Waals surface area contributed by atoms with Crippen molar-refractivity contribution >= 4 is 0 Å². The zero-order valence-corrected chi connectivity index (χ0v) is 16.1. The molecule has 1 fully saturated rings. The molecule has 144 valence electrons. The lowest BCUT2D eigenvalue weighted by Gasteiger charge is -2.31. The van der Waals surface area contributed by atoms with Crippen molar-refractivity contribution in [2.45, 2.75) is 51.7 Å². The molecular formula is C22H30N4O. The highest BCUT2D eigenvalue weighted by Gasteiger charge is 2.22. The third-order valence-electron chi connectivity index (χ3n) is 6.37. The second-order valence-corrected chi connectivity index (χ2v) is 8.34. The summed E-state index contributed by atoms with van der Waals surface area (Å²) < 4.78 is 8.31. The number of rotatable bonds is 5. The Bertz CT molecular complexity index is 768. The predicted octanol–water partition coefficient (Wildman–Crippen LogP) is 2.77. The zero-order chi connectivity index (χ0) is 18.1. The van der Waals surface area contributed by atoms with Crippen LogP contribution in [0.5, 0.6) is 5.75 Å². The van der Waals surface area contributed by atoms with Crippen molar-refractivity contribution in [3.05, 3.63) is 46.8 Å². The monoisotopic (exact) mass is 366 g/mol.